The van der Waals surface area contributed by atoms with Crippen LogP contribution in [-0.2, 0) is 4.79 Å². The number of nitrogens with one attached hydrogen (secondary N) is 1. The summed E-state index contributed by atoms with van der Waals surface area (Å²) in [6.45, 7) is 0. The van der Waals surface area contributed by atoms with Crippen LogP contribution in [0.15, 0.2) is 24.3 Å². The van der Waals surface area contributed by atoms with Crippen LogP contribution in [-0.4, -0.2) is 24.4 Å². The lowest BCUT2D eigenvalue weighted by molar-refractivity contribution is -0.274. The maximum Gasteiger partial charge on any atom is 0.573 e. The van der Waals surface area contributed by atoms with Crippen LogP contribution < -0.4 is 15.8 Å². The molecule has 27 heavy (non-hydrogen) atoms. The zero-order chi connectivity index (χ0) is 19.2. The number of para-hydroxylation sites is 1. The quantitative estimate of drug-likeness (QED) is 0.834. The van der Waals surface area contributed by atoms with Crippen LogP contribution in [0.5, 0.6) is 5.75 Å². The average Bonchev–Trinajstić information content (AvgIpc) is 3.35. The van der Waals surface area contributed by atoms with Gasteiger partial charge in [0.2, 0.25) is 5.91 Å². The zero-order valence-corrected chi connectivity index (χ0v) is 15.0. The Bertz CT molecular complexity index is 695. The molecule has 0 saturated heterocycles. The van der Waals surface area contributed by atoms with E-state index in [1.807, 2.05) is 0 Å². The van der Waals surface area contributed by atoms with Gasteiger partial charge in [-0.05, 0) is 61.5 Å². The number of hydrogen-bond acceptors (Lipinski definition) is 3. The van der Waals surface area contributed by atoms with E-state index in [2.05, 4.69) is 10.1 Å². The number of benzene rings is 1. The molecule has 3 aliphatic carbocycles. The highest BCUT2D eigenvalue weighted by molar-refractivity contribution is 5.83. The van der Waals surface area contributed by atoms with E-state index in [1.54, 1.807) is 12.1 Å². The highest BCUT2D eigenvalue weighted by atomic mass is 19.4. The minimum Gasteiger partial charge on any atom is -0.405 e. The van der Waals surface area contributed by atoms with E-state index in [0.717, 1.165) is 25.7 Å². The van der Waals surface area contributed by atoms with Crippen molar-refractivity contribution in [2.75, 3.05) is 0 Å². The number of nitrogens with two attached hydrogens (primary N) is 1. The molecule has 7 heteroatoms. The molecule has 0 radical (unpaired) electrons. The molecule has 2 bridgehead atoms. The van der Waals surface area contributed by atoms with Gasteiger partial charge in [0.25, 0.3) is 0 Å². The van der Waals surface area contributed by atoms with Gasteiger partial charge < -0.3 is 15.8 Å². The number of carbonyl (C=O) groups is 1. The smallest absolute Gasteiger partial charge is 0.405 e. The number of carbonyl (C=O) groups excluding carboxylic acids is 1. The maximum absolute atomic E-state index is 12.8. The number of alkyl halides is 3. The van der Waals surface area contributed by atoms with Gasteiger partial charge in [-0.3, -0.25) is 4.79 Å². The normalized spacial score (nSPS) is 35.4. The zero-order valence-electron chi connectivity index (χ0n) is 15.0. The molecular formula is C20H25F3N2O2. The molecule has 3 N–H and O–H groups in total. The SMILES string of the molecule is NC1CC2CCCC(C1)C2NC(=O)C1CC1c1ccccc1OC(F)(F)F. The molecule has 1 amide bonds. The van der Waals surface area contributed by atoms with Gasteiger partial charge in [0.15, 0.2) is 0 Å². The summed E-state index contributed by atoms with van der Waals surface area (Å²) in [4.78, 5) is 12.8. The van der Waals surface area contributed by atoms with Gasteiger partial charge in [-0.1, -0.05) is 24.6 Å². The first kappa shape index (κ1) is 18.6. The number of amides is 1. The van der Waals surface area contributed by atoms with Crippen LogP contribution >= 0.6 is 0 Å². The average molecular weight is 382 g/mol. The maximum atomic E-state index is 12.8. The third kappa shape index (κ3) is 4.08. The Balaban J connectivity index is 1.41. The second-order valence-corrected chi connectivity index (χ2v) is 8.25. The first-order chi connectivity index (χ1) is 12.8. The van der Waals surface area contributed by atoms with Crippen molar-refractivity contribution < 1.29 is 22.7 Å². The minimum absolute atomic E-state index is 0.0424. The van der Waals surface area contributed by atoms with Crippen molar-refractivity contribution in [3.05, 3.63) is 29.8 Å². The number of fused-ring (bicyclic) bond motifs is 2. The standard InChI is InChI=1S/C20H25F3N2O2/c21-20(22,23)27-17-7-2-1-6-14(17)15-10-16(15)19(26)25-18-11-4-3-5-12(18)9-13(24)8-11/h1-2,6-7,11-13,15-16,18H,3-5,8-10,24H2,(H,25,26). The van der Waals surface area contributed by atoms with Gasteiger partial charge >= 0.3 is 6.36 Å². The Hall–Kier alpha value is -1.76. The number of hydrogen-bond donors (Lipinski definition) is 2. The van der Waals surface area contributed by atoms with Crippen LogP contribution in [0.2, 0.25) is 0 Å². The summed E-state index contributed by atoms with van der Waals surface area (Å²) >= 11 is 0. The predicted molar refractivity (Wildman–Crippen MR) is 93.9 cm³/mol. The van der Waals surface area contributed by atoms with E-state index in [9.17, 15) is 18.0 Å². The summed E-state index contributed by atoms with van der Waals surface area (Å²) in [5.74, 6) is 0.113. The first-order valence-electron chi connectivity index (χ1n) is 9.72. The molecule has 148 valence electrons. The van der Waals surface area contributed by atoms with Gasteiger partial charge in [-0.15, -0.1) is 13.2 Å². The van der Waals surface area contributed by atoms with Crippen molar-refractivity contribution >= 4 is 5.91 Å². The Labute approximate surface area is 156 Å². The highest BCUT2D eigenvalue weighted by Gasteiger charge is 2.48. The molecule has 4 nitrogen and oxygen atoms in total. The summed E-state index contributed by atoms with van der Waals surface area (Å²) in [6.07, 6.45) is 1.07. The highest BCUT2D eigenvalue weighted by Crippen LogP contribution is 2.51. The molecule has 3 aliphatic rings. The minimum atomic E-state index is -4.74. The lowest BCUT2D eigenvalue weighted by atomic mass is 9.67. The molecule has 0 heterocycles. The fourth-order valence-corrected chi connectivity index (χ4v) is 5.13. The van der Waals surface area contributed by atoms with E-state index >= 15 is 0 Å². The fraction of sp³-hybridized carbons (Fsp3) is 0.650. The molecule has 4 rings (SSSR count). The number of ether oxygens (including phenoxy) is 1. The van der Waals surface area contributed by atoms with Gasteiger partial charge in [-0.2, -0.15) is 0 Å². The molecule has 1 aromatic carbocycles. The first-order valence-corrected chi connectivity index (χ1v) is 9.72. The van der Waals surface area contributed by atoms with E-state index < -0.39 is 6.36 Å². The number of halogens is 3. The van der Waals surface area contributed by atoms with Crippen molar-refractivity contribution in [3.8, 4) is 5.75 Å². The molecule has 4 unspecified atom stereocenters. The number of rotatable bonds is 4. The lowest BCUT2D eigenvalue weighted by Gasteiger charge is -2.45. The summed E-state index contributed by atoms with van der Waals surface area (Å²) < 4.78 is 42.0. The third-order valence-corrected chi connectivity index (χ3v) is 6.36. The summed E-state index contributed by atoms with van der Waals surface area (Å²) in [5.41, 5.74) is 6.60. The van der Waals surface area contributed by atoms with E-state index in [1.165, 1.54) is 18.6 Å². The van der Waals surface area contributed by atoms with Crippen molar-refractivity contribution in [2.45, 2.75) is 62.9 Å². The molecule has 0 aromatic heterocycles. The Morgan fingerprint density at radius 2 is 1.78 bits per heavy atom. The summed E-state index contributed by atoms with van der Waals surface area (Å²) in [7, 11) is 0. The van der Waals surface area contributed by atoms with Gasteiger partial charge in [-0.25, -0.2) is 0 Å². The summed E-state index contributed by atoms with van der Waals surface area (Å²) in [5, 5.41) is 3.21. The predicted octanol–water partition coefficient (Wildman–Crippen LogP) is 3.71. The topological polar surface area (TPSA) is 64.3 Å². The van der Waals surface area contributed by atoms with Crippen molar-refractivity contribution in [3.63, 3.8) is 0 Å². The van der Waals surface area contributed by atoms with Crippen molar-refractivity contribution in [1.29, 1.82) is 0 Å². The van der Waals surface area contributed by atoms with Gasteiger partial charge in [0.1, 0.15) is 5.75 Å². The van der Waals surface area contributed by atoms with Crippen LogP contribution in [0, 0.1) is 17.8 Å². The monoisotopic (exact) mass is 382 g/mol. The second-order valence-electron chi connectivity index (χ2n) is 8.25. The van der Waals surface area contributed by atoms with Gasteiger partial charge in [0.05, 0.1) is 0 Å². The van der Waals surface area contributed by atoms with Crippen LogP contribution in [0.4, 0.5) is 13.2 Å². The van der Waals surface area contributed by atoms with Crippen LogP contribution in [0.3, 0.4) is 0 Å². The molecule has 0 aliphatic heterocycles. The molecule has 3 fully saturated rings. The van der Waals surface area contributed by atoms with Crippen molar-refractivity contribution in [2.24, 2.45) is 23.5 Å². The molecule has 3 saturated carbocycles. The molecule has 0 spiro atoms. The van der Waals surface area contributed by atoms with Crippen LogP contribution in [0.1, 0.15) is 50.0 Å². The molecule has 1 aromatic rings. The Kier molecular flexibility index (Phi) is 4.82. The third-order valence-electron chi connectivity index (χ3n) is 6.36. The fourth-order valence-electron chi connectivity index (χ4n) is 5.13. The Morgan fingerprint density at radius 3 is 2.44 bits per heavy atom. The van der Waals surface area contributed by atoms with E-state index in [-0.39, 0.29) is 35.6 Å². The summed E-state index contributed by atoms with van der Waals surface area (Å²) in [6, 6.07) is 6.49. The van der Waals surface area contributed by atoms with Crippen molar-refractivity contribution in [1.82, 2.24) is 5.32 Å². The van der Waals surface area contributed by atoms with E-state index in [0.29, 0.717) is 23.8 Å². The largest absolute Gasteiger partial charge is 0.573 e. The lowest BCUT2D eigenvalue weighted by Crippen LogP contribution is -2.54. The Morgan fingerprint density at radius 1 is 1.11 bits per heavy atom. The van der Waals surface area contributed by atoms with Crippen LogP contribution in [0.25, 0.3) is 0 Å². The second kappa shape index (κ2) is 7.00. The molecular weight excluding hydrogens is 357 g/mol. The van der Waals surface area contributed by atoms with E-state index in [4.69, 9.17) is 5.73 Å². The van der Waals surface area contributed by atoms with Gasteiger partial charge in [0, 0.05) is 18.0 Å². The molecule has 4 atom stereocenters.